The van der Waals surface area contributed by atoms with Crippen molar-refractivity contribution in [2.24, 2.45) is 11.1 Å². The molecule has 0 aliphatic heterocycles. The maximum atomic E-state index is 13.4. The Morgan fingerprint density at radius 2 is 2.00 bits per heavy atom. The molecule has 1 aliphatic rings. The van der Waals surface area contributed by atoms with Gasteiger partial charge >= 0.3 is 0 Å². The van der Waals surface area contributed by atoms with Crippen LogP contribution in [0.3, 0.4) is 0 Å². The highest BCUT2D eigenvalue weighted by atomic mass is 19.1. The average Bonchev–Trinajstić information content (AvgIpc) is 2.41. The van der Waals surface area contributed by atoms with Gasteiger partial charge in [-0.05, 0) is 43.0 Å². The van der Waals surface area contributed by atoms with Crippen molar-refractivity contribution in [1.29, 1.82) is 0 Å². The van der Waals surface area contributed by atoms with Crippen LogP contribution in [-0.4, -0.2) is 11.7 Å². The third-order valence-electron chi connectivity index (χ3n) is 4.37. The fourth-order valence-electron chi connectivity index (χ4n) is 3.08. The van der Waals surface area contributed by atoms with E-state index in [1.54, 1.807) is 6.07 Å². The Morgan fingerprint density at radius 3 is 2.61 bits per heavy atom. The molecule has 0 heterocycles. The summed E-state index contributed by atoms with van der Waals surface area (Å²) in [6.07, 6.45) is 4.61. The Kier molecular flexibility index (Phi) is 4.03. The van der Waals surface area contributed by atoms with Gasteiger partial charge in [-0.1, -0.05) is 25.3 Å². The fraction of sp³-hybridized carbons (Fsp3) is 0.600. The fourth-order valence-corrected chi connectivity index (χ4v) is 3.08. The lowest BCUT2D eigenvalue weighted by Gasteiger charge is -2.41. The van der Waals surface area contributed by atoms with Crippen molar-refractivity contribution in [2.75, 3.05) is 6.54 Å². The predicted octanol–water partition coefficient (Wildman–Crippen LogP) is 3.08. The van der Waals surface area contributed by atoms with Gasteiger partial charge in [-0.2, -0.15) is 0 Å². The van der Waals surface area contributed by atoms with E-state index in [-0.39, 0.29) is 11.2 Å². The number of hydrogen-bond donors (Lipinski definition) is 2. The number of rotatable bonds is 3. The highest BCUT2D eigenvalue weighted by Crippen LogP contribution is 2.45. The Bertz CT molecular complexity index is 413. The van der Waals surface area contributed by atoms with Crippen molar-refractivity contribution in [3.63, 3.8) is 0 Å². The van der Waals surface area contributed by atoms with Crippen LogP contribution < -0.4 is 5.73 Å². The first kappa shape index (κ1) is 13.5. The maximum Gasteiger partial charge on any atom is 0.123 e. The van der Waals surface area contributed by atoms with Gasteiger partial charge in [0.1, 0.15) is 5.82 Å². The summed E-state index contributed by atoms with van der Waals surface area (Å²) in [5.41, 5.74) is 7.27. The first-order valence-corrected chi connectivity index (χ1v) is 6.73. The van der Waals surface area contributed by atoms with Gasteiger partial charge < -0.3 is 10.8 Å². The monoisotopic (exact) mass is 251 g/mol. The van der Waals surface area contributed by atoms with Gasteiger partial charge in [-0.25, -0.2) is 4.39 Å². The lowest BCUT2D eigenvalue weighted by Crippen LogP contribution is -2.38. The van der Waals surface area contributed by atoms with E-state index >= 15 is 0 Å². The number of aliphatic hydroxyl groups excluding tert-OH is 1. The number of hydrogen-bond acceptors (Lipinski definition) is 2. The third kappa shape index (κ3) is 2.43. The smallest absolute Gasteiger partial charge is 0.123 e. The molecular weight excluding hydrogens is 229 g/mol. The van der Waals surface area contributed by atoms with E-state index in [9.17, 15) is 9.50 Å². The van der Waals surface area contributed by atoms with Crippen molar-refractivity contribution in [3.05, 3.63) is 35.1 Å². The average molecular weight is 251 g/mol. The largest absolute Gasteiger partial charge is 0.388 e. The van der Waals surface area contributed by atoms with Gasteiger partial charge in [0.05, 0.1) is 6.10 Å². The van der Waals surface area contributed by atoms with E-state index in [1.165, 1.54) is 18.6 Å². The molecule has 0 bridgehead atoms. The van der Waals surface area contributed by atoms with Crippen molar-refractivity contribution in [3.8, 4) is 0 Å². The third-order valence-corrected chi connectivity index (χ3v) is 4.37. The summed E-state index contributed by atoms with van der Waals surface area (Å²) in [6, 6.07) is 4.61. The highest BCUT2D eigenvalue weighted by molar-refractivity contribution is 5.30. The molecule has 2 rings (SSSR count). The van der Waals surface area contributed by atoms with Gasteiger partial charge in [0, 0.05) is 12.0 Å². The zero-order valence-corrected chi connectivity index (χ0v) is 11.0. The van der Waals surface area contributed by atoms with Crippen LogP contribution in [0.2, 0.25) is 0 Å². The molecule has 1 fully saturated rings. The molecule has 0 amide bonds. The summed E-state index contributed by atoms with van der Waals surface area (Å²) in [5.74, 6) is -0.294. The van der Waals surface area contributed by atoms with E-state index in [0.29, 0.717) is 12.1 Å². The first-order chi connectivity index (χ1) is 8.59. The SMILES string of the molecule is Cc1ccc(F)cc1C(O)C1(CN)CCCCC1. The Hall–Kier alpha value is -0.930. The van der Waals surface area contributed by atoms with Gasteiger partial charge in [0.2, 0.25) is 0 Å². The van der Waals surface area contributed by atoms with Crippen LogP contribution in [0.4, 0.5) is 4.39 Å². The van der Waals surface area contributed by atoms with Gasteiger partial charge in [0.15, 0.2) is 0 Å². The van der Waals surface area contributed by atoms with E-state index in [0.717, 1.165) is 31.2 Å². The lowest BCUT2D eigenvalue weighted by molar-refractivity contribution is 0.000122. The molecular formula is C15H22FNO. The molecule has 1 atom stereocenters. The molecule has 1 aliphatic carbocycles. The van der Waals surface area contributed by atoms with Crippen molar-refractivity contribution in [2.45, 2.75) is 45.1 Å². The molecule has 0 aromatic heterocycles. The molecule has 1 aromatic rings. The number of aryl methyl sites for hydroxylation is 1. The highest BCUT2D eigenvalue weighted by Gasteiger charge is 2.39. The number of nitrogens with two attached hydrogens (primary N) is 1. The van der Waals surface area contributed by atoms with Gasteiger partial charge in [0.25, 0.3) is 0 Å². The molecule has 18 heavy (non-hydrogen) atoms. The summed E-state index contributed by atoms with van der Waals surface area (Å²) in [4.78, 5) is 0. The number of halogens is 1. The van der Waals surface area contributed by atoms with Gasteiger partial charge in [-0.3, -0.25) is 0 Å². The second-order valence-electron chi connectivity index (χ2n) is 5.53. The van der Waals surface area contributed by atoms with E-state index in [1.807, 2.05) is 6.92 Å². The van der Waals surface area contributed by atoms with Crippen LogP contribution in [0.1, 0.15) is 49.3 Å². The molecule has 1 aromatic carbocycles. The van der Waals surface area contributed by atoms with Crippen LogP contribution in [0.25, 0.3) is 0 Å². The van der Waals surface area contributed by atoms with Crippen molar-refractivity contribution >= 4 is 0 Å². The molecule has 1 unspecified atom stereocenters. The van der Waals surface area contributed by atoms with Crippen LogP contribution >= 0.6 is 0 Å². The Morgan fingerprint density at radius 1 is 1.33 bits per heavy atom. The Balaban J connectivity index is 2.33. The second kappa shape index (κ2) is 5.37. The molecule has 1 saturated carbocycles. The van der Waals surface area contributed by atoms with E-state index in [4.69, 9.17) is 5.73 Å². The first-order valence-electron chi connectivity index (χ1n) is 6.73. The van der Waals surface area contributed by atoms with Crippen molar-refractivity contribution in [1.82, 2.24) is 0 Å². The molecule has 3 N–H and O–H groups in total. The molecule has 100 valence electrons. The molecule has 2 nitrogen and oxygen atoms in total. The normalized spacial score (nSPS) is 20.7. The quantitative estimate of drug-likeness (QED) is 0.867. The second-order valence-corrected chi connectivity index (χ2v) is 5.53. The lowest BCUT2D eigenvalue weighted by atomic mass is 9.68. The zero-order valence-electron chi connectivity index (χ0n) is 11.0. The predicted molar refractivity (Wildman–Crippen MR) is 70.7 cm³/mol. The standard InChI is InChI=1S/C15H22FNO/c1-11-5-6-12(16)9-13(11)14(18)15(10-17)7-3-2-4-8-15/h5-6,9,14,18H,2-4,7-8,10,17H2,1H3. The Labute approximate surface area is 108 Å². The van der Waals surface area contributed by atoms with E-state index < -0.39 is 6.10 Å². The molecule has 3 heteroatoms. The molecule has 0 spiro atoms. The minimum absolute atomic E-state index is 0.267. The maximum absolute atomic E-state index is 13.4. The minimum atomic E-state index is -0.654. The number of benzene rings is 1. The van der Waals surface area contributed by atoms with Crippen molar-refractivity contribution < 1.29 is 9.50 Å². The van der Waals surface area contributed by atoms with Crippen LogP contribution in [0.15, 0.2) is 18.2 Å². The van der Waals surface area contributed by atoms with Crippen LogP contribution in [0.5, 0.6) is 0 Å². The summed E-state index contributed by atoms with van der Waals surface area (Å²) < 4.78 is 13.4. The van der Waals surface area contributed by atoms with E-state index in [2.05, 4.69) is 0 Å². The zero-order chi connectivity index (χ0) is 13.2. The summed E-state index contributed by atoms with van der Waals surface area (Å²) in [5, 5.41) is 10.7. The molecule has 0 radical (unpaired) electrons. The summed E-state index contributed by atoms with van der Waals surface area (Å²) >= 11 is 0. The van der Waals surface area contributed by atoms with Crippen LogP contribution in [-0.2, 0) is 0 Å². The topological polar surface area (TPSA) is 46.2 Å². The summed E-state index contributed by atoms with van der Waals surface area (Å²) in [7, 11) is 0. The summed E-state index contributed by atoms with van der Waals surface area (Å²) in [6.45, 7) is 2.37. The van der Waals surface area contributed by atoms with Gasteiger partial charge in [-0.15, -0.1) is 0 Å². The van der Waals surface area contributed by atoms with Crippen LogP contribution in [0, 0.1) is 18.2 Å². The molecule has 0 saturated heterocycles. The minimum Gasteiger partial charge on any atom is -0.388 e. The number of aliphatic hydroxyl groups is 1.